The van der Waals surface area contributed by atoms with Crippen molar-refractivity contribution < 1.29 is 9.53 Å². The highest BCUT2D eigenvalue weighted by Crippen LogP contribution is 2.28. The first-order valence-electron chi connectivity index (χ1n) is 7.20. The topological polar surface area (TPSA) is 55.0 Å². The molecule has 1 heterocycles. The SMILES string of the molecule is COC(=O)c1cn(/C(Br)=C\c2ccc(C#N)cc2)c2ccccc12. The van der Waals surface area contributed by atoms with Gasteiger partial charge in [-0.05, 0) is 45.8 Å². The number of methoxy groups -OCH3 is 1. The quantitative estimate of drug-likeness (QED) is 0.621. The van der Waals surface area contributed by atoms with Gasteiger partial charge >= 0.3 is 5.97 Å². The number of esters is 1. The number of halogens is 1. The fourth-order valence-corrected chi connectivity index (χ4v) is 3.05. The second kappa shape index (κ2) is 6.73. The van der Waals surface area contributed by atoms with Gasteiger partial charge in [-0.2, -0.15) is 5.26 Å². The predicted octanol–water partition coefficient (Wildman–Crippen LogP) is 4.65. The molecule has 0 amide bonds. The van der Waals surface area contributed by atoms with Crippen molar-refractivity contribution in [1.82, 2.24) is 4.57 Å². The third kappa shape index (κ3) is 2.97. The Morgan fingerprint density at radius 3 is 2.58 bits per heavy atom. The molecule has 0 spiro atoms. The average molecular weight is 381 g/mol. The maximum absolute atomic E-state index is 12.0. The summed E-state index contributed by atoms with van der Waals surface area (Å²) >= 11 is 3.57. The molecule has 2 aromatic carbocycles. The minimum Gasteiger partial charge on any atom is -0.465 e. The van der Waals surface area contributed by atoms with Gasteiger partial charge in [-0.15, -0.1) is 0 Å². The smallest absolute Gasteiger partial charge is 0.340 e. The van der Waals surface area contributed by atoms with E-state index in [-0.39, 0.29) is 5.97 Å². The Bertz CT molecular complexity index is 979. The molecule has 0 bridgehead atoms. The summed E-state index contributed by atoms with van der Waals surface area (Å²) in [4.78, 5) is 12.0. The number of benzene rings is 2. The van der Waals surface area contributed by atoms with E-state index in [0.29, 0.717) is 11.1 Å². The Morgan fingerprint density at radius 2 is 1.92 bits per heavy atom. The molecule has 1 aromatic heterocycles. The molecule has 0 unspecified atom stereocenters. The first-order chi connectivity index (χ1) is 11.6. The summed E-state index contributed by atoms with van der Waals surface area (Å²) in [6, 6.07) is 17.0. The molecule has 0 saturated carbocycles. The van der Waals surface area contributed by atoms with E-state index in [0.717, 1.165) is 21.1 Å². The number of carbonyl (C=O) groups excluding carboxylic acids is 1. The van der Waals surface area contributed by atoms with Crippen LogP contribution in [-0.4, -0.2) is 17.6 Å². The first-order valence-corrected chi connectivity index (χ1v) is 7.99. The minimum absolute atomic E-state index is 0.372. The second-order valence-electron chi connectivity index (χ2n) is 5.12. The van der Waals surface area contributed by atoms with Crippen LogP contribution in [0, 0.1) is 11.3 Å². The maximum atomic E-state index is 12.0. The van der Waals surface area contributed by atoms with Crippen molar-refractivity contribution in [1.29, 1.82) is 5.26 Å². The molecular formula is C19H13BrN2O2. The molecule has 0 N–H and O–H groups in total. The largest absolute Gasteiger partial charge is 0.465 e. The van der Waals surface area contributed by atoms with Gasteiger partial charge in [0.05, 0.1) is 34.4 Å². The predicted molar refractivity (Wildman–Crippen MR) is 97.5 cm³/mol. The molecule has 0 aliphatic carbocycles. The van der Waals surface area contributed by atoms with E-state index in [1.54, 1.807) is 18.3 Å². The van der Waals surface area contributed by atoms with Gasteiger partial charge in [-0.1, -0.05) is 30.3 Å². The summed E-state index contributed by atoms with van der Waals surface area (Å²) in [6.07, 6.45) is 3.68. The van der Waals surface area contributed by atoms with Crippen molar-refractivity contribution >= 4 is 43.5 Å². The third-order valence-electron chi connectivity index (χ3n) is 3.67. The zero-order valence-electron chi connectivity index (χ0n) is 12.9. The number of aromatic nitrogens is 1. The molecule has 3 aromatic rings. The molecule has 118 valence electrons. The highest BCUT2D eigenvalue weighted by Gasteiger charge is 2.16. The standard InChI is InChI=1S/C19H13BrN2O2/c1-24-19(23)16-12-22(17-5-3-2-4-15(16)17)18(20)10-13-6-8-14(11-21)9-7-13/h2-10,12H,1H3/b18-10-. The number of hydrogen-bond acceptors (Lipinski definition) is 3. The summed E-state index contributed by atoms with van der Waals surface area (Å²) in [5.41, 5.74) is 2.97. The maximum Gasteiger partial charge on any atom is 0.340 e. The minimum atomic E-state index is -0.372. The van der Waals surface area contributed by atoms with Crippen molar-refractivity contribution in [2.75, 3.05) is 7.11 Å². The van der Waals surface area contributed by atoms with Crippen LogP contribution in [0.15, 0.2) is 54.7 Å². The number of hydrogen-bond donors (Lipinski definition) is 0. The van der Waals surface area contributed by atoms with Crippen LogP contribution in [0.4, 0.5) is 0 Å². The van der Waals surface area contributed by atoms with Crippen molar-refractivity contribution in [3.63, 3.8) is 0 Å². The Balaban J connectivity index is 2.09. The number of nitrogens with zero attached hydrogens (tertiary/aromatic N) is 2. The zero-order valence-corrected chi connectivity index (χ0v) is 14.4. The second-order valence-corrected chi connectivity index (χ2v) is 5.93. The molecular weight excluding hydrogens is 368 g/mol. The monoisotopic (exact) mass is 380 g/mol. The normalized spacial score (nSPS) is 11.3. The van der Waals surface area contributed by atoms with E-state index in [1.807, 2.05) is 47.0 Å². The van der Waals surface area contributed by atoms with E-state index >= 15 is 0 Å². The number of nitriles is 1. The van der Waals surface area contributed by atoms with E-state index in [9.17, 15) is 4.79 Å². The fraction of sp³-hybridized carbons (Fsp3) is 0.0526. The van der Waals surface area contributed by atoms with Crippen LogP contribution >= 0.6 is 15.9 Å². The lowest BCUT2D eigenvalue weighted by molar-refractivity contribution is 0.0603. The lowest BCUT2D eigenvalue weighted by atomic mass is 10.1. The molecule has 24 heavy (non-hydrogen) atoms. The summed E-state index contributed by atoms with van der Waals surface area (Å²) in [5.74, 6) is -0.372. The Labute approximate surface area is 147 Å². The van der Waals surface area contributed by atoms with Gasteiger partial charge in [0, 0.05) is 11.6 Å². The van der Waals surface area contributed by atoms with Gasteiger partial charge in [0.15, 0.2) is 0 Å². The Kier molecular flexibility index (Phi) is 4.50. The van der Waals surface area contributed by atoms with Crippen molar-refractivity contribution in [3.05, 3.63) is 71.4 Å². The molecule has 3 rings (SSSR count). The van der Waals surface area contributed by atoms with Crippen molar-refractivity contribution in [2.24, 2.45) is 0 Å². The first kappa shape index (κ1) is 16.0. The van der Waals surface area contributed by atoms with Crippen molar-refractivity contribution in [2.45, 2.75) is 0 Å². The van der Waals surface area contributed by atoms with E-state index in [4.69, 9.17) is 10.00 Å². The van der Waals surface area contributed by atoms with Crippen LogP contribution in [0.25, 0.3) is 21.6 Å². The summed E-state index contributed by atoms with van der Waals surface area (Å²) in [7, 11) is 1.37. The lowest BCUT2D eigenvalue weighted by Gasteiger charge is -2.04. The summed E-state index contributed by atoms with van der Waals surface area (Å²) < 4.78 is 7.53. The summed E-state index contributed by atoms with van der Waals surface area (Å²) in [6.45, 7) is 0. The van der Waals surface area contributed by atoms with Gasteiger partial charge in [0.25, 0.3) is 0 Å². The van der Waals surface area contributed by atoms with Gasteiger partial charge in [-0.3, -0.25) is 0 Å². The van der Waals surface area contributed by atoms with E-state index < -0.39 is 0 Å². The van der Waals surface area contributed by atoms with Crippen LogP contribution < -0.4 is 0 Å². The Hall–Kier alpha value is -2.84. The van der Waals surface area contributed by atoms with Gasteiger partial charge in [0.1, 0.15) is 0 Å². The van der Waals surface area contributed by atoms with Gasteiger partial charge < -0.3 is 9.30 Å². The molecule has 0 saturated heterocycles. The highest BCUT2D eigenvalue weighted by molar-refractivity contribution is 9.15. The Morgan fingerprint density at radius 1 is 1.21 bits per heavy atom. The number of para-hydroxylation sites is 1. The number of carbonyl (C=O) groups is 1. The molecule has 0 radical (unpaired) electrons. The molecule has 5 heteroatoms. The average Bonchev–Trinajstić information content (AvgIpc) is 3.01. The van der Waals surface area contributed by atoms with Crippen molar-refractivity contribution in [3.8, 4) is 6.07 Å². The van der Waals surface area contributed by atoms with Crippen LogP contribution in [0.2, 0.25) is 0 Å². The molecule has 0 atom stereocenters. The van der Waals surface area contributed by atoms with E-state index in [2.05, 4.69) is 22.0 Å². The molecule has 0 fully saturated rings. The highest BCUT2D eigenvalue weighted by atomic mass is 79.9. The molecule has 0 aliphatic rings. The van der Waals surface area contributed by atoms with Crippen LogP contribution in [-0.2, 0) is 4.74 Å². The van der Waals surface area contributed by atoms with Crippen LogP contribution in [0.3, 0.4) is 0 Å². The van der Waals surface area contributed by atoms with Gasteiger partial charge in [0.2, 0.25) is 0 Å². The summed E-state index contributed by atoms with van der Waals surface area (Å²) in [5, 5.41) is 9.69. The lowest BCUT2D eigenvalue weighted by Crippen LogP contribution is -1.99. The number of fused-ring (bicyclic) bond motifs is 1. The third-order valence-corrected chi connectivity index (χ3v) is 4.28. The number of ether oxygens (including phenoxy) is 1. The zero-order chi connectivity index (χ0) is 17.1. The van der Waals surface area contributed by atoms with Crippen LogP contribution in [0.1, 0.15) is 21.5 Å². The number of rotatable bonds is 3. The van der Waals surface area contributed by atoms with Gasteiger partial charge in [-0.25, -0.2) is 4.79 Å². The van der Waals surface area contributed by atoms with Crippen LogP contribution in [0.5, 0.6) is 0 Å². The molecule has 0 aliphatic heterocycles. The molecule has 4 nitrogen and oxygen atoms in total. The fourth-order valence-electron chi connectivity index (χ4n) is 2.49. The van der Waals surface area contributed by atoms with E-state index in [1.165, 1.54) is 7.11 Å².